The average Bonchev–Trinajstić information content (AvgIpc) is 2.24. The SMILES string of the molecule is CCOCCCC(N)c1cccc(C)c1. The van der Waals surface area contributed by atoms with Crippen LogP contribution in [0.15, 0.2) is 24.3 Å². The molecule has 2 N–H and O–H groups in total. The molecule has 1 unspecified atom stereocenters. The van der Waals surface area contributed by atoms with Crippen LogP contribution in [-0.4, -0.2) is 13.2 Å². The van der Waals surface area contributed by atoms with Gasteiger partial charge in [0.15, 0.2) is 0 Å². The van der Waals surface area contributed by atoms with Crippen molar-refractivity contribution < 1.29 is 4.74 Å². The number of aryl methyl sites for hydroxylation is 1. The van der Waals surface area contributed by atoms with Crippen molar-refractivity contribution in [2.45, 2.75) is 32.7 Å². The Balaban J connectivity index is 2.36. The molecule has 1 rings (SSSR count). The number of hydrogen-bond donors (Lipinski definition) is 1. The zero-order valence-corrected chi connectivity index (χ0v) is 9.70. The molecule has 0 saturated carbocycles. The summed E-state index contributed by atoms with van der Waals surface area (Å²) in [7, 11) is 0. The molecule has 1 aromatic carbocycles. The van der Waals surface area contributed by atoms with Gasteiger partial charge >= 0.3 is 0 Å². The van der Waals surface area contributed by atoms with Gasteiger partial charge < -0.3 is 10.5 Å². The first kappa shape index (κ1) is 12.2. The van der Waals surface area contributed by atoms with Gasteiger partial charge in [0.2, 0.25) is 0 Å². The summed E-state index contributed by atoms with van der Waals surface area (Å²) in [5, 5.41) is 0. The Kier molecular flexibility index (Phi) is 5.37. The van der Waals surface area contributed by atoms with Crippen molar-refractivity contribution in [2.75, 3.05) is 13.2 Å². The third-order valence-corrected chi connectivity index (χ3v) is 2.48. The minimum atomic E-state index is 0.144. The van der Waals surface area contributed by atoms with Crippen molar-refractivity contribution in [1.29, 1.82) is 0 Å². The van der Waals surface area contributed by atoms with Gasteiger partial charge in [-0.15, -0.1) is 0 Å². The zero-order valence-electron chi connectivity index (χ0n) is 9.70. The van der Waals surface area contributed by atoms with Crippen LogP contribution in [0, 0.1) is 6.92 Å². The van der Waals surface area contributed by atoms with E-state index in [1.165, 1.54) is 11.1 Å². The number of ether oxygens (including phenoxy) is 1. The molecule has 0 amide bonds. The van der Waals surface area contributed by atoms with Crippen LogP contribution in [0.1, 0.15) is 36.9 Å². The number of rotatable bonds is 6. The lowest BCUT2D eigenvalue weighted by Gasteiger charge is -2.12. The highest BCUT2D eigenvalue weighted by atomic mass is 16.5. The van der Waals surface area contributed by atoms with Crippen LogP contribution in [0.5, 0.6) is 0 Å². The molecular formula is C13H21NO. The van der Waals surface area contributed by atoms with Crippen LogP contribution in [0.25, 0.3) is 0 Å². The van der Waals surface area contributed by atoms with Gasteiger partial charge in [0.05, 0.1) is 0 Å². The summed E-state index contributed by atoms with van der Waals surface area (Å²) in [6, 6.07) is 8.55. The van der Waals surface area contributed by atoms with Gasteiger partial charge in [0.1, 0.15) is 0 Å². The molecular weight excluding hydrogens is 186 g/mol. The summed E-state index contributed by atoms with van der Waals surface area (Å²) in [4.78, 5) is 0. The van der Waals surface area contributed by atoms with Crippen molar-refractivity contribution in [3.8, 4) is 0 Å². The Morgan fingerprint density at radius 1 is 1.40 bits per heavy atom. The van der Waals surface area contributed by atoms with Gasteiger partial charge in [-0.25, -0.2) is 0 Å². The molecule has 2 nitrogen and oxygen atoms in total. The molecule has 84 valence electrons. The molecule has 1 atom stereocenters. The highest BCUT2D eigenvalue weighted by molar-refractivity contribution is 5.24. The van der Waals surface area contributed by atoms with Crippen molar-refractivity contribution in [1.82, 2.24) is 0 Å². The molecule has 0 bridgehead atoms. The molecule has 0 aliphatic heterocycles. The lowest BCUT2D eigenvalue weighted by molar-refractivity contribution is 0.142. The topological polar surface area (TPSA) is 35.2 Å². The average molecular weight is 207 g/mol. The largest absolute Gasteiger partial charge is 0.382 e. The molecule has 0 radical (unpaired) electrons. The molecule has 0 spiro atoms. The Morgan fingerprint density at radius 2 is 2.20 bits per heavy atom. The molecule has 0 aliphatic rings. The van der Waals surface area contributed by atoms with Crippen molar-refractivity contribution >= 4 is 0 Å². The minimum absolute atomic E-state index is 0.144. The third-order valence-electron chi connectivity index (χ3n) is 2.48. The Bertz CT molecular complexity index is 286. The van der Waals surface area contributed by atoms with E-state index in [1.807, 2.05) is 6.92 Å². The fourth-order valence-corrected chi connectivity index (χ4v) is 1.62. The second kappa shape index (κ2) is 6.59. The smallest absolute Gasteiger partial charge is 0.0466 e. The van der Waals surface area contributed by atoms with E-state index in [2.05, 4.69) is 31.2 Å². The molecule has 0 heterocycles. The Hall–Kier alpha value is -0.860. The maximum absolute atomic E-state index is 6.09. The quantitative estimate of drug-likeness (QED) is 0.728. The third kappa shape index (κ3) is 4.45. The number of nitrogens with two attached hydrogens (primary N) is 1. The number of benzene rings is 1. The van der Waals surface area contributed by atoms with E-state index in [1.54, 1.807) is 0 Å². The van der Waals surface area contributed by atoms with Crippen molar-refractivity contribution in [3.05, 3.63) is 35.4 Å². The lowest BCUT2D eigenvalue weighted by Crippen LogP contribution is -2.11. The molecule has 2 heteroatoms. The Labute approximate surface area is 92.4 Å². The summed E-state index contributed by atoms with van der Waals surface area (Å²) in [6.45, 7) is 5.71. The van der Waals surface area contributed by atoms with Crippen LogP contribution in [-0.2, 0) is 4.74 Å². The van der Waals surface area contributed by atoms with Crippen LogP contribution < -0.4 is 5.73 Å². The van der Waals surface area contributed by atoms with Crippen molar-refractivity contribution in [2.24, 2.45) is 5.73 Å². The Morgan fingerprint density at radius 3 is 2.87 bits per heavy atom. The van der Waals surface area contributed by atoms with Gasteiger partial charge in [-0.05, 0) is 32.3 Å². The van der Waals surface area contributed by atoms with Gasteiger partial charge in [0, 0.05) is 19.3 Å². The van der Waals surface area contributed by atoms with Gasteiger partial charge in [-0.2, -0.15) is 0 Å². The molecule has 0 aromatic heterocycles. The molecule has 0 saturated heterocycles. The van der Waals surface area contributed by atoms with Crippen LogP contribution in [0.2, 0.25) is 0 Å². The minimum Gasteiger partial charge on any atom is -0.382 e. The molecule has 0 aliphatic carbocycles. The second-order valence-corrected chi connectivity index (χ2v) is 3.86. The highest BCUT2D eigenvalue weighted by Gasteiger charge is 2.05. The molecule has 0 fully saturated rings. The predicted octanol–water partition coefficient (Wildman–Crippen LogP) is 2.81. The molecule has 15 heavy (non-hydrogen) atoms. The van der Waals surface area contributed by atoms with E-state index < -0.39 is 0 Å². The second-order valence-electron chi connectivity index (χ2n) is 3.86. The van der Waals surface area contributed by atoms with Crippen LogP contribution >= 0.6 is 0 Å². The summed E-state index contributed by atoms with van der Waals surface area (Å²) in [5.41, 5.74) is 8.59. The monoisotopic (exact) mass is 207 g/mol. The predicted molar refractivity (Wildman–Crippen MR) is 63.8 cm³/mol. The van der Waals surface area contributed by atoms with Gasteiger partial charge in [-0.3, -0.25) is 0 Å². The van der Waals surface area contributed by atoms with Crippen LogP contribution in [0.3, 0.4) is 0 Å². The summed E-state index contributed by atoms with van der Waals surface area (Å²) in [5.74, 6) is 0. The first-order valence-electron chi connectivity index (χ1n) is 5.64. The molecule has 1 aromatic rings. The van der Waals surface area contributed by atoms with E-state index >= 15 is 0 Å². The first-order valence-corrected chi connectivity index (χ1v) is 5.64. The van der Waals surface area contributed by atoms with E-state index in [0.717, 1.165) is 26.1 Å². The zero-order chi connectivity index (χ0) is 11.1. The maximum atomic E-state index is 6.09. The normalized spacial score (nSPS) is 12.7. The van der Waals surface area contributed by atoms with Crippen molar-refractivity contribution in [3.63, 3.8) is 0 Å². The van der Waals surface area contributed by atoms with E-state index in [4.69, 9.17) is 10.5 Å². The summed E-state index contributed by atoms with van der Waals surface area (Å²) < 4.78 is 5.29. The van der Waals surface area contributed by atoms with E-state index in [-0.39, 0.29) is 6.04 Å². The van der Waals surface area contributed by atoms with E-state index in [9.17, 15) is 0 Å². The maximum Gasteiger partial charge on any atom is 0.0466 e. The standard InChI is InChI=1S/C13H21NO/c1-3-15-9-5-8-13(14)12-7-4-6-11(2)10-12/h4,6-7,10,13H,3,5,8-9,14H2,1-2H3. The fraction of sp³-hybridized carbons (Fsp3) is 0.538. The summed E-state index contributed by atoms with van der Waals surface area (Å²) >= 11 is 0. The van der Waals surface area contributed by atoms with Gasteiger partial charge in [0.25, 0.3) is 0 Å². The summed E-state index contributed by atoms with van der Waals surface area (Å²) in [6.07, 6.45) is 2.02. The van der Waals surface area contributed by atoms with Gasteiger partial charge in [-0.1, -0.05) is 29.8 Å². The fourth-order valence-electron chi connectivity index (χ4n) is 1.62. The highest BCUT2D eigenvalue weighted by Crippen LogP contribution is 2.16. The lowest BCUT2D eigenvalue weighted by atomic mass is 10.0. The van der Waals surface area contributed by atoms with E-state index in [0.29, 0.717) is 0 Å². The first-order chi connectivity index (χ1) is 7.24. The number of hydrogen-bond acceptors (Lipinski definition) is 2. The van der Waals surface area contributed by atoms with Crippen LogP contribution in [0.4, 0.5) is 0 Å².